The summed E-state index contributed by atoms with van der Waals surface area (Å²) < 4.78 is 4.41. The van der Waals surface area contributed by atoms with Crippen molar-refractivity contribution in [1.29, 1.82) is 0 Å². The van der Waals surface area contributed by atoms with Gasteiger partial charge in [-0.05, 0) is 24.1 Å². The van der Waals surface area contributed by atoms with Gasteiger partial charge in [-0.15, -0.1) is 0 Å². The first-order chi connectivity index (χ1) is 6.56. The largest absolute Gasteiger partial charge is 0.467 e. The zero-order chi connectivity index (χ0) is 10.7. The first kappa shape index (κ1) is 10.5. The van der Waals surface area contributed by atoms with Crippen LogP contribution in [0.5, 0.6) is 0 Å². The molecule has 4 nitrogen and oxygen atoms in total. The van der Waals surface area contributed by atoms with E-state index in [1.165, 1.54) is 7.11 Å². The molecule has 1 aromatic carbocycles. The Balaban J connectivity index is 2.96. The summed E-state index contributed by atoms with van der Waals surface area (Å²) in [6.45, 7) is 1.85. The molecule has 0 saturated carbocycles. The van der Waals surface area contributed by atoms with Crippen molar-refractivity contribution in [3.8, 4) is 0 Å². The molecule has 1 atom stereocenters. The highest BCUT2D eigenvalue weighted by Crippen LogP contribution is 2.19. The fourth-order valence-electron chi connectivity index (χ4n) is 1.08. The van der Waals surface area contributed by atoms with Crippen molar-refractivity contribution in [3.05, 3.63) is 29.3 Å². The number of carbonyl (C=O) groups excluding carboxylic acids is 1. The van der Waals surface area contributed by atoms with Crippen LogP contribution in [0, 0.1) is 6.92 Å². The van der Waals surface area contributed by atoms with Crippen molar-refractivity contribution in [2.75, 3.05) is 12.8 Å². The van der Waals surface area contributed by atoms with Crippen molar-refractivity contribution in [2.24, 2.45) is 0 Å². The molecule has 0 aliphatic carbocycles. The number of carbonyl (C=O) groups is 1. The van der Waals surface area contributed by atoms with Gasteiger partial charge >= 0.3 is 5.97 Å². The number of aliphatic hydroxyl groups is 1. The molecule has 0 amide bonds. The summed E-state index contributed by atoms with van der Waals surface area (Å²) in [6, 6.07) is 4.96. The highest BCUT2D eigenvalue weighted by atomic mass is 16.5. The minimum absolute atomic E-state index is 0.444. The van der Waals surface area contributed by atoms with E-state index in [1.807, 2.05) is 6.92 Å². The molecule has 0 aromatic heterocycles. The molecule has 0 saturated heterocycles. The molecule has 0 aliphatic rings. The maximum absolute atomic E-state index is 11.0. The van der Waals surface area contributed by atoms with Gasteiger partial charge in [-0.1, -0.05) is 12.1 Å². The van der Waals surface area contributed by atoms with E-state index in [2.05, 4.69) is 4.74 Å². The van der Waals surface area contributed by atoms with Crippen LogP contribution in [0.2, 0.25) is 0 Å². The van der Waals surface area contributed by atoms with Gasteiger partial charge in [0.25, 0.3) is 0 Å². The minimum atomic E-state index is -1.26. The van der Waals surface area contributed by atoms with Crippen LogP contribution in [-0.4, -0.2) is 18.2 Å². The van der Waals surface area contributed by atoms with Gasteiger partial charge in [-0.3, -0.25) is 0 Å². The van der Waals surface area contributed by atoms with Gasteiger partial charge in [0, 0.05) is 5.69 Å². The molecule has 0 spiro atoms. The fourth-order valence-corrected chi connectivity index (χ4v) is 1.08. The summed E-state index contributed by atoms with van der Waals surface area (Å²) >= 11 is 0. The molecule has 0 aliphatic heterocycles. The summed E-state index contributed by atoms with van der Waals surface area (Å²) in [4.78, 5) is 11.0. The molecule has 1 aromatic rings. The lowest BCUT2D eigenvalue weighted by molar-refractivity contribution is -0.150. The van der Waals surface area contributed by atoms with Gasteiger partial charge < -0.3 is 15.6 Å². The maximum atomic E-state index is 11.0. The third kappa shape index (κ3) is 2.03. The molecule has 0 heterocycles. The molecule has 14 heavy (non-hydrogen) atoms. The molecular weight excluding hydrogens is 182 g/mol. The van der Waals surface area contributed by atoms with Gasteiger partial charge in [0.15, 0.2) is 6.10 Å². The first-order valence-electron chi connectivity index (χ1n) is 4.18. The van der Waals surface area contributed by atoms with Gasteiger partial charge in [-0.2, -0.15) is 0 Å². The number of anilines is 1. The van der Waals surface area contributed by atoms with Crippen LogP contribution in [0.4, 0.5) is 5.69 Å². The monoisotopic (exact) mass is 195 g/mol. The SMILES string of the molecule is COC(=O)C(O)c1ccc(C)c(N)c1. The zero-order valence-corrected chi connectivity index (χ0v) is 8.15. The molecular formula is C10H13NO3. The summed E-state index contributed by atoms with van der Waals surface area (Å²) in [5.74, 6) is -0.687. The van der Waals surface area contributed by atoms with Crippen LogP contribution in [0.3, 0.4) is 0 Å². The number of hydrogen-bond donors (Lipinski definition) is 2. The van der Waals surface area contributed by atoms with Crippen LogP contribution < -0.4 is 5.73 Å². The molecule has 1 rings (SSSR count). The van der Waals surface area contributed by atoms with E-state index in [1.54, 1.807) is 18.2 Å². The van der Waals surface area contributed by atoms with Crippen molar-refractivity contribution in [1.82, 2.24) is 0 Å². The first-order valence-corrected chi connectivity index (χ1v) is 4.18. The average molecular weight is 195 g/mol. The standard InChI is InChI=1S/C10H13NO3/c1-6-3-4-7(5-8(6)11)9(12)10(13)14-2/h3-5,9,12H,11H2,1-2H3. The molecule has 0 radical (unpaired) electrons. The van der Waals surface area contributed by atoms with Gasteiger partial charge in [-0.25, -0.2) is 4.79 Å². The summed E-state index contributed by atoms with van der Waals surface area (Å²) in [5.41, 5.74) is 7.54. The molecule has 0 bridgehead atoms. The van der Waals surface area contributed by atoms with Crippen LogP contribution in [0.25, 0.3) is 0 Å². The molecule has 76 valence electrons. The van der Waals surface area contributed by atoms with Gasteiger partial charge in [0.2, 0.25) is 0 Å². The maximum Gasteiger partial charge on any atom is 0.339 e. The van der Waals surface area contributed by atoms with Gasteiger partial charge in [0.1, 0.15) is 0 Å². The van der Waals surface area contributed by atoms with Crippen LogP contribution in [-0.2, 0) is 9.53 Å². The third-order valence-corrected chi connectivity index (χ3v) is 2.04. The second-order valence-electron chi connectivity index (χ2n) is 3.04. The Morgan fingerprint density at radius 1 is 1.57 bits per heavy atom. The van der Waals surface area contributed by atoms with Crippen molar-refractivity contribution in [3.63, 3.8) is 0 Å². The van der Waals surface area contributed by atoms with Crippen LogP contribution in [0.15, 0.2) is 18.2 Å². The highest BCUT2D eigenvalue weighted by Gasteiger charge is 2.17. The Bertz CT molecular complexity index is 349. The number of nitrogen functional groups attached to an aromatic ring is 1. The van der Waals surface area contributed by atoms with Crippen LogP contribution in [0.1, 0.15) is 17.2 Å². The second-order valence-corrected chi connectivity index (χ2v) is 3.04. The predicted octanol–water partition coefficient (Wildman–Crippen LogP) is 0.784. The molecule has 4 heteroatoms. The number of esters is 1. The Labute approximate surface area is 82.3 Å². The van der Waals surface area contributed by atoms with E-state index in [-0.39, 0.29) is 0 Å². The highest BCUT2D eigenvalue weighted by molar-refractivity contribution is 5.76. The van der Waals surface area contributed by atoms with E-state index < -0.39 is 12.1 Å². The van der Waals surface area contributed by atoms with Crippen molar-refractivity contribution < 1.29 is 14.6 Å². The van der Waals surface area contributed by atoms with E-state index in [4.69, 9.17) is 5.73 Å². The number of aryl methyl sites for hydroxylation is 1. The Hall–Kier alpha value is -1.55. The van der Waals surface area contributed by atoms with Crippen LogP contribution >= 0.6 is 0 Å². The van der Waals surface area contributed by atoms with Crippen molar-refractivity contribution >= 4 is 11.7 Å². The summed E-state index contributed by atoms with van der Waals surface area (Å²) in [5, 5.41) is 9.47. The quantitative estimate of drug-likeness (QED) is 0.540. The topological polar surface area (TPSA) is 72.5 Å². The predicted molar refractivity (Wildman–Crippen MR) is 52.6 cm³/mol. The fraction of sp³-hybridized carbons (Fsp3) is 0.300. The number of hydrogen-bond acceptors (Lipinski definition) is 4. The number of rotatable bonds is 2. The number of ether oxygens (including phenoxy) is 1. The Morgan fingerprint density at radius 2 is 2.21 bits per heavy atom. The Kier molecular flexibility index (Phi) is 3.09. The lowest BCUT2D eigenvalue weighted by atomic mass is 10.1. The average Bonchev–Trinajstić information content (AvgIpc) is 2.20. The summed E-state index contributed by atoms with van der Waals surface area (Å²) in [6.07, 6.45) is -1.26. The molecule has 0 fully saturated rings. The number of methoxy groups -OCH3 is 1. The number of nitrogens with two attached hydrogens (primary N) is 1. The molecule has 3 N–H and O–H groups in total. The lowest BCUT2D eigenvalue weighted by Gasteiger charge is -2.09. The van der Waals surface area contributed by atoms with E-state index >= 15 is 0 Å². The minimum Gasteiger partial charge on any atom is -0.467 e. The number of benzene rings is 1. The summed E-state index contributed by atoms with van der Waals surface area (Å²) in [7, 11) is 1.23. The zero-order valence-electron chi connectivity index (χ0n) is 8.15. The van der Waals surface area contributed by atoms with Crippen molar-refractivity contribution in [2.45, 2.75) is 13.0 Å². The Morgan fingerprint density at radius 3 is 2.71 bits per heavy atom. The third-order valence-electron chi connectivity index (χ3n) is 2.04. The molecule has 1 unspecified atom stereocenters. The number of aliphatic hydroxyl groups excluding tert-OH is 1. The second kappa shape index (κ2) is 4.11. The normalized spacial score (nSPS) is 12.2. The lowest BCUT2D eigenvalue weighted by Crippen LogP contribution is -2.13. The van der Waals surface area contributed by atoms with E-state index in [0.717, 1.165) is 5.56 Å². The smallest absolute Gasteiger partial charge is 0.339 e. The van der Waals surface area contributed by atoms with Gasteiger partial charge in [0.05, 0.1) is 7.11 Å². The van der Waals surface area contributed by atoms with E-state index in [0.29, 0.717) is 11.3 Å². The van der Waals surface area contributed by atoms with E-state index in [9.17, 15) is 9.90 Å².